The van der Waals surface area contributed by atoms with Gasteiger partial charge in [-0.05, 0) is 25.0 Å². The van der Waals surface area contributed by atoms with E-state index in [1.807, 2.05) is 13.0 Å². The Labute approximate surface area is 66.3 Å². The summed E-state index contributed by atoms with van der Waals surface area (Å²) in [7, 11) is 0. The molecule has 0 aliphatic carbocycles. The van der Waals surface area contributed by atoms with Crippen LogP contribution >= 0.6 is 0 Å². The van der Waals surface area contributed by atoms with Crippen LogP contribution in [0.5, 0.6) is 0 Å². The van der Waals surface area contributed by atoms with Gasteiger partial charge in [0.05, 0.1) is 0 Å². The average molecular weight is 149 g/mol. The quantitative estimate of drug-likeness (QED) is 0.600. The lowest BCUT2D eigenvalue weighted by Crippen LogP contribution is -1.93. The smallest absolute Gasteiger partial charge is 0.151 e. The summed E-state index contributed by atoms with van der Waals surface area (Å²) in [5.74, 6) is 0. The Morgan fingerprint density at radius 3 is 2.82 bits per heavy atom. The highest BCUT2D eigenvalue weighted by molar-refractivity contribution is 5.74. The summed E-state index contributed by atoms with van der Waals surface area (Å²) in [5.41, 5.74) is 2.81. The normalized spacial score (nSPS) is 9.64. The molecule has 0 aliphatic heterocycles. The van der Waals surface area contributed by atoms with Crippen LogP contribution < -0.4 is 0 Å². The standard InChI is InChI=1S/C9H11NO/c1-3-9-7(2)4-8(6-11)5-10-9/h4-6H,3H2,1-2H3. The lowest BCUT2D eigenvalue weighted by atomic mass is 10.1. The van der Waals surface area contributed by atoms with E-state index < -0.39 is 0 Å². The van der Waals surface area contributed by atoms with Crippen LogP contribution in [-0.2, 0) is 6.42 Å². The molecule has 0 N–H and O–H groups in total. The Balaban J connectivity index is 3.09. The third-order valence-electron chi connectivity index (χ3n) is 1.68. The van der Waals surface area contributed by atoms with Crippen LogP contribution in [0.1, 0.15) is 28.5 Å². The second-order valence-electron chi connectivity index (χ2n) is 2.50. The molecule has 11 heavy (non-hydrogen) atoms. The molecule has 2 heteroatoms. The molecule has 58 valence electrons. The van der Waals surface area contributed by atoms with E-state index in [4.69, 9.17) is 0 Å². The lowest BCUT2D eigenvalue weighted by molar-refractivity contribution is 0.112. The molecule has 0 radical (unpaired) electrons. The number of hydrogen-bond donors (Lipinski definition) is 0. The highest BCUT2D eigenvalue weighted by Crippen LogP contribution is 2.06. The molecule has 2 nitrogen and oxygen atoms in total. The van der Waals surface area contributed by atoms with Gasteiger partial charge in [0, 0.05) is 17.5 Å². The van der Waals surface area contributed by atoms with Crippen molar-refractivity contribution in [1.29, 1.82) is 0 Å². The summed E-state index contributed by atoms with van der Waals surface area (Å²) < 4.78 is 0. The van der Waals surface area contributed by atoms with E-state index in [1.54, 1.807) is 6.20 Å². The molecule has 0 atom stereocenters. The van der Waals surface area contributed by atoms with Gasteiger partial charge in [-0.25, -0.2) is 0 Å². The van der Waals surface area contributed by atoms with Crippen molar-refractivity contribution in [2.45, 2.75) is 20.3 Å². The van der Waals surface area contributed by atoms with Gasteiger partial charge in [-0.3, -0.25) is 9.78 Å². The lowest BCUT2D eigenvalue weighted by Gasteiger charge is -2.00. The zero-order chi connectivity index (χ0) is 8.27. The van der Waals surface area contributed by atoms with Crippen molar-refractivity contribution in [3.8, 4) is 0 Å². The van der Waals surface area contributed by atoms with E-state index in [-0.39, 0.29) is 0 Å². The molecule has 0 amide bonds. The molecule has 1 aromatic rings. The Bertz CT molecular complexity index is 268. The van der Waals surface area contributed by atoms with Crippen LogP contribution in [0.2, 0.25) is 0 Å². The van der Waals surface area contributed by atoms with Crippen LogP contribution in [0, 0.1) is 6.92 Å². The Kier molecular flexibility index (Phi) is 2.36. The number of aldehydes is 1. The predicted octanol–water partition coefficient (Wildman–Crippen LogP) is 1.76. The van der Waals surface area contributed by atoms with E-state index in [0.717, 1.165) is 24.0 Å². The van der Waals surface area contributed by atoms with Gasteiger partial charge >= 0.3 is 0 Å². The van der Waals surface area contributed by atoms with Gasteiger partial charge in [0.25, 0.3) is 0 Å². The van der Waals surface area contributed by atoms with E-state index in [2.05, 4.69) is 11.9 Å². The topological polar surface area (TPSA) is 30.0 Å². The summed E-state index contributed by atoms with van der Waals surface area (Å²) in [6, 6.07) is 1.86. The largest absolute Gasteiger partial charge is 0.298 e. The van der Waals surface area contributed by atoms with Crippen molar-refractivity contribution >= 4 is 6.29 Å². The molecular weight excluding hydrogens is 138 g/mol. The Hall–Kier alpha value is -1.18. The van der Waals surface area contributed by atoms with Crippen molar-refractivity contribution in [1.82, 2.24) is 4.98 Å². The molecule has 0 spiro atoms. The van der Waals surface area contributed by atoms with Crippen molar-refractivity contribution < 1.29 is 4.79 Å². The first-order valence-electron chi connectivity index (χ1n) is 3.68. The van der Waals surface area contributed by atoms with Crippen molar-refractivity contribution in [2.75, 3.05) is 0 Å². The van der Waals surface area contributed by atoms with Crippen LogP contribution in [0.3, 0.4) is 0 Å². The van der Waals surface area contributed by atoms with E-state index in [9.17, 15) is 4.79 Å². The van der Waals surface area contributed by atoms with Gasteiger partial charge < -0.3 is 0 Å². The molecule has 1 aromatic heterocycles. The Morgan fingerprint density at radius 1 is 1.64 bits per heavy atom. The van der Waals surface area contributed by atoms with Gasteiger partial charge in [-0.15, -0.1) is 0 Å². The number of pyridine rings is 1. The third-order valence-corrected chi connectivity index (χ3v) is 1.68. The molecule has 1 rings (SSSR count). The molecule has 0 aromatic carbocycles. The van der Waals surface area contributed by atoms with Gasteiger partial charge in [-0.2, -0.15) is 0 Å². The van der Waals surface area contributed by atoms with Crippen molar-refractivity contribution in [3.05, 3.63) is 29.1 Å². The maximum Gasteiger partial charge on any atom is 0.151 e. The maximum atomic E-state index is 10.3. The average Bonchev–Trinajstić information content (AvgIpc) is 2.04. The molecule has 0 bridgehead atoms. The first kappa shape index (κ1) is 7.92. The Morgan fingerprint density at radius 2 is 2.36 bits per heavy atom. The fraction of sp³-hybridized carbons (Fsp3) is 0.333. The number of rotatable bonds is 2. The van der Waals surface area contributed by atoms with E-state index in [0.29, 0.717) is 5.56 Å². The van der Waals surface area contributed by atoms with Gasteiger partial charge in [-0.1, -0.05) is 6.92 Å². The molecule has 0 unspecified atom stereocenters. The molecule has 0 saturated carbocycles. The first-order chi connectivity index (χ1) is 5.27. The summed E-state index contributed by atoms with van der Waals surface area (Å²) in [6.07, 6.45) is 3.35. The number of nitrogens with zero attached hydrogens (tertiary/aromatic N) is 1. The summed E-state index contributed by atoms with van der Waals surface area (Å²) in [6.45, 7) is 4.02. The zero-order valence-corrected chi connectivity index (χ0v) is 6.79. The monoisotopic (exact) mass is 149 g/mol. The van der Waals surface area contributed by atoms with Crippen LogP contribution in [-0.4, -0.2) is 11.3 Å². The summed E-state index contributed by atoms with van der Waals surface area (Å²) in [4.78, 5) is 14.5. The highest BCUT2D eigenvalue weighted by atomic mass is 16.1. The van der Waals surface area contributed by atoms with Crippen LogP contribution in [0.25, 0.3) is 0 Å². The minimum Gasteiger partial charge on any atom is -0.298 e. The van der Waals surface area contributed by atoms with Crippen molar-refractivity contribution in [2.24, 2.45) is 0 Å². The molecular formula is C9H11NO. The van der Waals surface area contributed by atoms with E-state index >= 15 is 0 Å². The number of carbonyl (C=O) groups is 1. The van der Waals surface area contributed by atoms with Crippen LogP contribution in [0.4, 0.5) is 0 Å². The highest BCUT2D eigenvalue weighted by Gasteiger charge is 1.97. The fourth-order valence-corrected chi connectivity index (χ4v) is 1.06. The maximum absolute atomic E-state index is 10.3. The van der Waals surface area contributed by atoms with Gasteiger partial charge in [0.1, 0.15) is 0 Å². The molecule has 0 aliphatic rings. The zero-order valence-electron chi connectivity index (χ0n) is 6.79. The van der Waals surface area contributed by atoms with Gasteiger partial charge in [0.15, 0.2) is 6.29 Å². The fourth-order valence-electron chi connectivity index (χ4n) is 1.06. The number of carbonyl (C=O) groups excluding carboxylic acids is 1. The summed E-state index contributed by atoms with van der Waals surface area (Å²) in [5, 5.41) is 0. The minimum atomic E-state index is 0.653. The number of hydrogen-bond acceptors (Lipinski definition) is 2. The third kappa shape index (κ3) is 1.64. The van der Waals surface area contributed by atoms with Crippen molar-refractivity contribution in [3.63, 3.8) is 0 Å². The molecule has 1 heterocycles. The SMILES string of the molecule is CCc1ncc(C=O)cc1C. The molecule has 0 saturated heterocycles. The number of aryl methyl sites for hydroxylation is 2. The van der Waals surface area contributed by atoms with Crippen LogP contribution in [0.15, 0.2) is 12.3 Å². The minimum absolute atomic E-state index is 0.653. The van der Waals surface area contributed by atoms with Gasteiger partial charge in [0.2, 0.25) is 0 Å². The number of aromatic nitrogens is 1. The first-order valence-corrected chi connectivity index (χ1v) is 3.68. The second kappa shape index (κ2) is 3.28. The predicted molar refractivity (Wildman–Crippen MR) is 43.7 cm³/mol. The molecule has 0 fully saturated rings. The second-order valence-corrected chi connectivity index (χ2v) is 2.50. The summed E-state index contributed by atoms with van der Waals surface area (Å²) >= 11 is 0. The van der Waals surface area contributed by atoms with E-state index in [1.165, 1.54) is 0 Å².